The number of halogens is 2. The first-order valence-corrected chi connectivity index (χ1v) is 6.29. The molecule has 0 aliphatic heterocycles. The monoisotopic (exact) mass is 296 g/mol. The Hall–Kier alpha value is -1.78. The normalized spacial score (nSPS) is 12.1. The number of hydrogen-bond acceptors (Lipinski definition) is 3. The van der Waals surface area contributed by atoms with Gasteiger partial charge in [0.05, 0.1) is 14.2 Å². The average Bonchev–Trinajstić information content (AvgIpc) is 2.48. The molecule has 1 unspecified atom stereocenters. The highest BCUT2D eigenvalue weighted by Gasteiger charge is 2.17. The second kappa shape index (κ2) is 6.11. The van der Waals surface area contributed by atoms with Crippen molar-refractivity contribution < 1.29 is 19.0 Å². The summed E-state index contributed by atoms with van der Waals surface area (Å²) < 4.78 is 24.0. The van der Waals surface area contributed by atoms with Crippen LogP contribution < -0.4 is 9.47 Å². The molecule has 0 heterocycles. The zero-order valence-corrected chi connectivity index (χ0v) is 11.8. The van der Waals surface area contributed by atoms with E-state index in [9.17, 15) is 9.50 Å². The molecule has 0 spiro atoms. The standard InChI is InChI=1S/C15H14ClFO3/c1-19-11-5-9(6-12(8-11)20-2)15(18)13-7-10(16)3-4-14(13)17/h3-8,15,18H,1-2H3. The third-order valence-electron chi connectivity index (χ3n) is 2.94. The fourth-order valence-electron chi connectivity index (χ4n) is 1.89. The second-order valence-electron chi connectivity index (χ2n) is 4.21. The largest absolute Gasteiger partial charge is 0.497 e. The number of aliphatic hydroxyl groups is 1. The van der Waals surface area contributed by atoms with E-state index in [-0.39, 0.29) is 5.56 Å². The number of ether oxygens (including phenoxy) is 2. The van der Waals surface area contributed by atoms with Gasteiger partial charge in [0.1, 0.15) is 23.4 Å². The number of hydrogen-bond donors (Lipinski definition) is 1. The Morgan fingerprint density at radius 1 is 1.05 bits per heavy atom. The van der Waals surface area contributed by atoms with Gasteiger partial charge in [-0.1, -0.05) is 11.6 Å². The van der Waals surface area contributed by atoms with E-state index in [1.165, 1.54) is 32.4 Å². The van der Waals surface area contributed by atoms with Crippen molar-refractivity contribution in [3.8, 4) is 11.5 Å². The molecular weight excluding hydrogens is 283 g/mol. The minimum Gasteiger partial charge on any atom is -0.497 e. The Morgan fingerprint density at radius 3 is 2.20 bits per heavy atom. The lowest BCUT2D eigenvalue weighted by molar-refractivity contribution is 0.214. The molecule has 0 saturated heterocycles. The third kappa shape index (κ3) is 3.03. The summed E-state index contributed by atoms with van der Waals surface area (Å²) in [5.41, 5.74) is 0.565. The van der Waals surface area contributed by atoms with Crippen molar-refractivity contribution in [2.24, 2.45) is 0 Å². The van der Waals surface area contributed by atoms with Crippen LogP contribution in [0.25, 0.3) is 0 Å². The van der Waals surface area contributed by atoms with Gasteiger partial charge in [-0.05, 0) is 35.9 Å². The molecule has 1 N–H and O–H groups in total. The summed E-state index contributed by atoms with van der Waals surface area (Å²) in [5, 5.41) is 10.7. The summed E-state index contributed by atoms with van der Waals surface area (Å²) in [6.45, 7) is 0. The lowest BCUT2D eigenvalue weighted by Crippen LogP contribution is -2.03. The van der Waals surface area contributed by atoms with Gasteiger partial charge in [0.15, 0.2) is 0 Å². The van der Waals surface area contributed by atoms with Gasteiger partial charge in [0.2, 0.25) is 0 Å². The minimum atomic E-state index is -1.15. The van der Waals surface area contributed by atoms with Crippen molar-refractivity contribution >= 4 is 11.6 Å². The van der Waals surface area contributed by atoms with Crippen molar-refractivity contribution in [2.45, 2.75) is 6.10 Å². The molecule has 0 saturated carbocycles. The van der Waals surface area contributed by atoms with E-state index >= 15 is 0 Å². The molecule has 2 aromatic carbocycles. The highest BCUT2D eigenvalue weighted by molar-refractivity contribution is 6.30. The Balaban J connectivity index is 2.46. The lowest BCUT2D eigenvalue weighted by atomic mass is 10.0. The van der Waals surface area contributed by atoms with Crippen LogP contribution in [0.3, 0.4) is 0 Å². The van der Waals surface area contributed by atoms with Crippen LogP contribution in [-0.4, -0.2) is 19.3 Å². The third-order valence-corrected chi connectivity index (χ3v) is 3.18. The number of rotatable bonds is 4. The summed E-state index contributed by atoms with van der Waals surface area (Å²) >= 11 is 5.84. The van der Waals surface area contributed by atoms with Gasteiger partial charge in [-0.15, -0.1) is 0 Å². The van der Waals surface area contributed by atoms with E-state index in [0.29, 0.717) is 22.1 Å². The lowest BCUT2D eigenvalue weighted by Gasteiger charge is -2.15. The van der Waals surface area contributed by atoms with Gasteiger partial charge in [0, 0.05) is 16.7 Å². The molecule has 0 aliphatic rings. The van der Waals surface area contributed by atoms with Crippen LogP contribution in [0.5, 0.6) is 11.5 Å². The van der Waals surface area contributed by atoms with Crippen LogP contribution in [-0.2, 0) is 0 Å². The Kier molecular flexibility index (Phi) is 4.47. The van der Waals surface area contributed by atoms with E-state index < -0.39 is 11.9 Å². The Bertz CT molecular complexity index is 594. The fourth-order valence-corrected chi connectivity index (χ4v) is 2.07. The van der Waals surface area contributed by atoms with Crippen LogP contribution in [0, 0.1) is 5.82 Å². The molecule has 0 bridgehead atoms. The molecule has 2 aromatic rings. The first-order chi connectivity index (χ1) is 9.55. The molecule has 3 nitrogen and oxygen atoms in total. The maximum Gasteiger partial charge on any atom is 0.129 e. The van der Waals surface area contributed by atoms with E-state index in [0.717, 1.165) is 0 Å². The first kappa shape index (κ1) is 14.6. The summed E-state index contributed by atoms with van der Waals surface area (Å²) in [6, 6.07) is 8.96. The second-order valence-corrected chi connectivity index (χ2v) is 4.65. The van der Waals surface area contributed by atoms with E-state index in [2.05, 4.69) is 0 Å². The van der Waals surface area contributed by atoms with Crippen LogP contribution in [0.4, 0.5) is 4.39 Å². The molecular formula is C15H14ClFO3. The molecule has 0 radical (unpaired) electrons. The van der Waals surface area contributed by atoms with Gasteiger partial charge in [-0.2, -0.15) is 0 Å². The van der Waals surface area contributed by atoms with Crippen LogP contribution in [0.2, 0.25) is 5.02 Å². The number of methoxy groups -OCH3 is 2. The van der Waals surface area contributed by atoms with Crippen molar-refractivity contribution in [2.75, 3.05) is 14.2 Å². The molecule has 1 atom stereocenters. The highest BCUT2D eigenvalue weighted by atomic mass is 35.5. The molecule has 5 heteroatoms. The predicted octanol–water partition coefficient (Wildman–Crippen LogP) is 3.58. The van der Waals surface area contributed by atoms with Gasteiger partial charge in [0.25, 0.3) is 0 Å². The number of benzene rings is 2. The molecule has 0 aromatic heterocycles. The maximum atomic E-state index is 13.8. The van der Waals surface area contributed by atoms with Crippen molar-refractivity contribution in [3.63, 3.8) is 0 Å². The van der Waals surface area contributed by atoms with Crippen LogP contribution in [0.1, 0.15) is 17.2 Å². The van der Waals surface area contributed by atoms with Crippen molar-refractivity contribution in [3.05, 3.63) is 58.4 Å². The summed E-state index contributed by atoms with van der Waals surface area (Å²) in [7, 11) is 3.01. The van der Waals surface area contributed by atoms with E-state index in [1.54, 1.807) is 18.2 Å². The summed E-state index contributed by atoms with van der Waals surface area (Å²) in [6.07, 6.45) is -1.15. The van der Waals surface area contributed by atoms with E-state index in [1.807, 2.05) is 0 Å². The zero-order chi connectivity index (χ0) is 14.7. The predicted molar refractivity (Wildman–Crippen MR) is 75.0 cm³/mol. The topological polar surface area (TPSA) is 38.7 Å². The molecule has 0 fully saturated rings. The SMILES string of the molecule is COc1cc(OC)cc(C(O)c2cc(Cl)ccc2F)c1. The van der Waals surface area contributed by atoms with E-state index in [4.69, 9.17) is 21.1 Å². The Morgan fingerprint density at radius 2 is 1.65 bits per heavy atom. The average molecular weight is 297 g/mol. The Labute approximate surface area is 121 Å². The summed E-state index contributed by atoms with van der Waals surface area (Å²) in [4.78, 5) is 0. The molecule has 0 amide bonds. The van der Waals surface area contributed by atoms with Crippen molar-refractivity contribution in [1.29, 1.82) is 0 Å². The molecule has 2 rings (SSSR count). The van der Waals surface area contributed by atoms with Crippen LogP contribution in [0.15, 0.2) is 36.4 Å². The minimum absolute atomic E-state index is 0.104. The summed E-state index contributed by atoms with van der Waals surface area (Å²) in [5.74, 6) is 0.505. The quantitative estimate of drug-likeness (QED) is 0.937. The van der Waals surface area contributed by atoms with Crippen LogP contribution >= 0.6 is 11.6 Å². The molecule has 20 heavy (non-hydrogen) atoms. The van der Waals surface area contributed by atoms with Gasteiger partial charge >= 0.3 is 0 Å². The van der Waals surface area contributed by atoms with Crippen molar-refractivity contribution in [1.82, 2.24) is 0 Å². The zero-order valence-electron chi connectivity index (χ0n) is 11.1. The fraction of sp³-hybridized carbons (Fsp3) is 0.200. The molecule has 106 valence electrons. The number of aliphatic hydroxyl groups excluding tert-OH is 1. The smallest absolute Gasteiger partial charge is 0.129 e. The van der Waals surface area contributed by atoms with Gasteiger partial charge in [-0.25, -0.2) is 4.39 Å². The first-order valence-electron chi connectivity index (χ1n) is 5.91. The van der Waals surface area contributed by atoms with Gasteiger partial charge in [-0.3, -0.25) is 0 Å². The highest BCUT2D eigenvalue weighted by Crippen LogP contribution is 2.31. The molecule has 0 aliphatic carbocycles. The maximum absolute atomic E-state index is 13.8. The van der Waals surface area contributed by atoms with Gasteiger partial charge < -0.3 is 14.6 Å².